The van der Waals surface area contributed by atoms with Crippen molar-refractivity contribution in [3.05, 3.63) is 0 Å². The molecule has 0 spiro atoms. The van der Waals surface area contributed by atoms with Crippen LogP contribution in [0.4, 0.5) is 0 Å². The maximum atomic E-state index is 7.92. The van der Waals surface area contributed by atoms with E-state index in [1.807, 2.05) is 0 Å². The van der Waals surface area contributed by atoms with E-state index < -0.39 is 8.32 Å². The Hall–Kier alpha value is -0.743. The summed E-state index contributed by atoms with van der Waals surface area (Å²) in [6.07, 6.45) is 11.1. The lowest BCUT2D eigenvalue weighted by Gasteiger charge is -2.35. The Bertz CT molecular complexity index is 263. The van der Waals surface area contributed by atoms with E-state index in [9.17, 15) is 0 Å². The van der Waals surface area contributed by atoms with Gasteiger partial charge in [0, 0.05) is 19.4 Å². The third kappa shape index (κ3) is 10.1. The summed E-state index contributed by atoms with van der Waals surface area (Å²) < 4.78 is 5.83. The highest BCUT2D eigenvalue weighted by molar-refractivity contribution is 6.74. The molecule has 1 N–H and O–H groups in total. The Labute approximate surface area is 108 Å². The van der Waals surface area contributed by atoms with Gasteiger partial charge in [-0.05, 0) is 18.1 Å². The second-order valence-corrected chi connectivity index (χ2v) is 10.0. The second kappa shape index (κ2) is 9.30. The summed E-state index contributed by atoms with van der Waals surface area (Å²) in [5, 5.41) is 8.22. The molecular weight excluding hydrogens is 228 g/mol. The lowest BCUT2D eigenvalue weighted by Crippen LogP contribution is -2.40. The van der Waals surface area contributed by atoms with E-state index in [0.717, 1.165) is 6.42 Å². The molecular formula is C14H26O2Si. The monoisotopic (exact) mass is 254 g/mol. The normalized spacial score (nSPS) is 10.8. The van der Waals surface area contributed by atoms with Crippen molar-refractivity contribution in [3.8, 4) is 24.7 Å². The predicted octanol–water partition coefficient (Wildman–Crippen LogP) is 3.03. The van der Waals surface area contributed by atoms with E-state index in [-0.39, 0.29) is 6.61 Å². The second-order valence-electron chi connectivity index (χ2n) is 5.24. The molecule has 0 aromatic heterocycles. The van der Waals surface area contributed by atoms with E-state index in [2.05, 4.69) is 45.7 Å². The van der Waals surface area contributed by atoms with Crippen LogP contribution in [0.15, 0.2) is 0 Å². The molecule has 0 bridgehead atoms. The Kier molecular flexibility index (Phi) is 10.2. The summed E-state index contributed by atoms with van der Waals surface area (Å²) in [5.41, 5.74) is 0. The zero-order valence-corrected chi connectivity index (χ0v) is 12.8. The summed E-state index contributed by atoms with van der Waals surface area (Å²) in [5.74, 6) is 4.86. The molecule has 0 fully saturated rings. The zero-order valence-electron chi connectivity index (χ0n) is 11.8. The fraction of sp³-hybridized carbons (Fsp3) is 0.714. The first-order valence-electron chi connectivity index (χ1n) is 5.84. The molecule has 0 saturated heterocycles. The van der Waals surface area contributed by atoms with Gasteiger partial charge in [-0.3, -0.25) is 0 Å². The van der Waals surface area contributed by atoms with Crippen LogP contribution in [0, 0.1) is 24.7 Å². The SMILES string of the molecule is C#CCCO.C#CCCO[Si](C)(C)C(C)(C)C. The van der Waals surface area contributed by atoms with Crippen molar-refractivity contribution in [1.29, 1.82) is 0 Å². The highest BCUT2D eigenvalue weighted by Gasteiger charge is 2.36. The van der Waals surface area contributed by atoms with Crippen molar-refractivity contribution in [1.82, 2.24) is 0 Å². The molecule has 0 aromatic carbocycles. The highest BCUT2D eigenvalue weighted by atomic mass is 28.4. The summed E-state index contributed by atoms with van der Waals surface area (Å²) in [7, 11) is -1.54. The average Bonchev–Trinajstić information content (AvgIpc) is 2.18. The molecule has 0 saturated carbocycles. The molecule has 0 amide bonds. The summed E-state index contributed by atoms with van der Waals surface area (Å²) in [6, 6.07) is 0. The van der Waals surface area contributed by atoms with Gasteiger partial charge in [-0.1, -0.05) is 20.8 Å². The number of aliphatic hydroxyl groups is 1. The molecule has 0 rings (SSSR count). The third-order valence-electron chi connectivity index (χ3n) is 2.77. The first-order valence-corrected chi connectivity index (χ1v) is 8.75. The lowest BCUT2D eigenvalue weighted by atomic mass is 10.2. The number of terminal acetylenes is 2. The smallest absolute Gasteiger partial charge is 0.192 e. The van der Waals surface area contributed by atoms with Crippen molar-refractivity contribution < 1.29 is 9.53 Å². The molecule has 17 heavy (non-hydrogen) atoms. The third-order valence-corrected chi connectivity index (χ3v) is 7.31. The molecule has 0 unspecified atom stereocenters. The minimum atomic E-state index is -1.54. The molecule has 0 aliphatic carbocycles. The van der Waals surface area contributed by atoms with Gasteiger partial charge >= 0.3 is 0 Å². The maximum Gasteiger partial charge on any atom is 0.192 e. The van der Waals surface area contributed by atoms with E-state index in [1.165, 1.54) is 0 Å². The quantitative estimate of drug-likeness (QED) is 0.475. The van der Waals surface area contributed by atoms with Gasteiger partial charge in [0.05, 0.1) is 6.61 Å². The van der Waals surface area contributed by atoms with E-state index in [4.69, 9.17) is 22.4 Å². The molecule has 0 atom stereocenters. The van der Waals surface area contributed by atoms with E-state index in [0.29, 0.717) is 18.1 Å². The van der Waals surface area contributed by atoms with Crippen molar-refractivity contribution in [2.45, 2.75) is 51.7 Å². The zero-order chi connectivity index (χ0) is 13.9. The molecule has 98 valence electrons. The average molecular weight is 254 g/mol. The van der Waals surface area contributed by atoms with Crippen molar-refractivity contribution in [3.63, 3.8) is 0 Å². The minimum absolute atomic E-state index is 0.108. The molecule has 0 aliphatic heterocycles. The van der Waals surface area contributed by atoms with Crippen molar-refractivity contribution in [2.24, 2.45) is 0 Å². The highest BCUT2D eigenvalue weighted by Crippen LogP contribution is 2.36. The first kappa shape index (κ1) is 18.6. The standard InChI is InChI=1S/C10H20OSi.C4H6O/c1-7-8-9-11-12(5,6)10(2,3)4;1-2-3-4-5/h1H,8-9H2,2-6H3;1,5H,3-4H2. The first-order chi connectivity index (χ1) is 7.72. The van der Waals surface area contributed by atoms with Gasteiger partial charge < -0.3 is 9.53 Å². The van der Waals surface area contributed by atoms with Gasteiger partial charge in [0.25, 0.3) is 0 Å². The Morgan fingerprint density at radius 3 is 1.82 bits per heavy atom. The predicted molar refractivity (Wildman–Crippen MR) is 77.1 cm³/mol. The molecule has 0 heterocycles. The van der Waals surface area contributed by atoms with Crippen LogP contribution in [0.2, 0.25) is 18.1 Å². The number of hydrogen-bond donors (Lipinski definition) is 1. The fourth-order valence-corrected chi connectivity index (χ4v) is 1.69. The summed E-state index contributed by atoms with van der Waals surface area (Å²) in [4.78, 5) is 0. The summed E-state index contributed by atoms with van der Waals surface area (Å²) >= 11 is 0. The van der Waals surface area contributed by atoms with Crippen LogP contribution in [-0.4, -0.2) is 26.6 Å². The molecule has 2 nitrogen and oxygen atoms in total. The van der Waals surface area contributed by atoms with Crippen LogP contribution >= 0.6 is 0 Å². The number of rotatable bonds is 4. The molecule has 0 aromatic rings. The van der Waals surface area contributed by atoms with Gasteiger partial charge in [-0.25, -0.2) is 0 Å². The maximum absolute atomic E-state index is 7.92. The van der Waals surface area contributed by atoms with Gasteiger partial charge in [0.1, 0.15) is 0 Å². The van der Waals surface area contributed by atoms with Crippen LogP contribution in [0.1, 0.15) is 33.6 Å². The van der Waals surface area contributed by atoms with Crippen LogP contribution in [0.3, 0.4) is 0 Å². The lowest BCUT2D eigenvalue weighted by molar-refractivity contribution is 0.296. The van der Waals surface area contributed by atoms with Gasteiger partial charge in [0.2, 0.25) is 0 Å². The number of hydrogen-bond acceptors (Lipinski definition) is 2. The number of aliphatic hydroxyl groups excluding tert-OH is 1. The Balaban J connectivity index is 0. The Morgan fingerprint density at radius 2 is 1.59 bits per heavy atom. The van der Waals surface area contributed by atoms with Crippen LogP contribution < -0.4 is 0 Å². The topological polar surface area (TPSA) is 29.5 Å². The van der Waals surface area contributed by atoms with Gasteiger partial charge in [0.15, 0.2) is 8.32 Å². The van der Waals surface area contributed by atoms with Crippen LogP contribution in [-0.2, 0) is 4.43 Å². The molecule has 0 aliphatic rings. The molecule has 0 radical (unpaired) electrons. The summed E-state index contributed by atoms with van der Waals surface area (Å²) in [6.45, 7) is 12.0. The largest absolute Gasteiger partial charge is 0.416 e. The minimum Gasteiger partial charge on any atom is -0.416 e. The van der Waals surface area contributed by atoms with E-state index >= 15 is 0 Å². The van der Waals surface area contributed by atoms with Crippen LogP contribution in [0.5, 0.6) is 0 Å². The van der Waals surface area contributed by atoms with E-state index in [1.54, 1.807) is 0 Å². The fourth-order valence-electron chi connectivity index (χ4n) is 0.646. The molecule has 3 heteroatoms. The van der Waals surface area contributed by atoms with Crippen molar-refractivity contribution in [2.75, 3.05) is 13.2 Å². The Morgan fingerprint density at radius 1 is 1.12 bits per heavy atom. The van der Waals surface area contributed by atoms with Crippen molar-refractivity contribution >= 4 is 8.32 Å². The van der Waals surface area contributed by atoms with Gasteiger partial charge in [-0.2, -0.15) is 0 Å². The van der Waals surface area contributed by atoms with Crippen LogP contribution in [0.25, 0.3) is 0 Å². The van der Waals surface area contributed by atoms with Gasteiger partial charge in [-0.15, -0.1) is 24.7 Å².